The minimum atomic E-state index is 0.190. The van der Waals surface area contributed by atoms with Crippen molar-refractivity contribution in [2.45, 2.75) is 49.5 Å². The van der Waals surface area contributed by atoms with E-state index in [1.165, 1.54) is 32.1 Å². The fourth-order valence-corrected chi connectivity index (χ4v) is 6.26. The van der Waals surface area contributed by atoms with Gasteiger partial charge in [-0.05, 0) is 66.4 Å². The standard InChI is InChI=1S/C16H19N/c17-15-6-10-5-13-11-3-1-2-4-12(11)14(8-15)16(13,7-10)9-15/h1-4,10,13-14H,5-9,17H2. The monoisotopic (exact) mass is 225 g/mol. The molecule has 4 aliphatic rings. The van der Waals surface area contributed by atoms with Crippen molar-refractivity contribution in [3.05, 3.63) is 35.4 Å². The third-order valence-corrected chi connectivity index (χ3v) is 6.36. The highest BCUT2D eigenvalue weighted by molar-refractivity contribution is 5.48. The summed E-state index contributed by atoms with van der Waals surface area (Å²) in [4.78, 5) is 0. The van der Waals surface area contributed by atoms with Crippen molar-refractivity contribution in [3.8, 4) is 0 Å². The maximum absolute atomic E-state index is 6.66. The SMILES string of the molecule is NC12CC3CC4c5ccccc5C(C1)C4(C3)C2. The van der Waals surface area contributed by atoms with E-state index in [-0.39, 0.29) is 5.54 Å². The van der Waals surface area contributed by atoms with Gasteiger partial charge in [-0.1, -0.05) is 24.3 Å². The van der Waals surface area contributed by atoms with Gasteiger partial charge in [-0.15, -0.1) is 0 Å². The molecule has 0 amide bonds. The summed E-state index contributed by atoms with van der Waals surface area (Å²) < 4.78 is 0. The van der Waals surface area contributed by atoms with Gasteiger partial charge in [0.1, 0.15) is 0 Å². The Morgan fingerprint density at radius 3 is 2.59 bits per heavy atom. The lowest BCUT2D eigenvalue weighted by Gasteiger charge is -2.36. The van der Waals surface area contributed by atoms with E-state index in [0.717, 1.165) is 17.8 Å². The Balaban J connectivity index is 1.80. The van der Waals surface area contributed by atoms with Gasteiger partial charge in [-0.3, -0.25) is 0 Å². The van der Waals surface area contributed by atoms with Crippen LogP contribution in [0.1, 0.15) is 55.1 Å². The number of benzene rings is 1. The van der Waals surface area contributed by atoms with Crippen molar-refractivity contribution in [2.75, 3.05) is 0 Å². The Morgan fingerprint density at radius 1 is 1.00 bits per heavy atom. The van der Waals surface area contributed by atoms with Gasteiger partial charge in [-0.25, -0.2) is 0 Å². The lowest BCUT2D eigenvalue weighted by atomic mass is 9.70. The summed E-state index contributed by atoms with van der Waals surface area (Å²) >= 11 is 0. The van der Waals surface area contributed by atoms with Gasteiger partial charge in [0.2, 0.25) is 0 Å². The quantitative estimate of drug-likeness (QED) is 0.721. The fraction of sp³-hybridized carbons (Fsp3) is 0.625. The van der Waals surface area contributed by atoms with Gasteiger partial charge in [0.05, 0.1) is 0 Å². The third-order valence-electron chi connectivity index (χ3n) is 6.36. The van der Waals surface area contributed by atoms with Crippen molar-refractivity contribution in [2.24, 2.45) is 17.1 Å². The summed E-state index contributed by atoms with van der Waals surface area (Å²) in [6.07, 6.45) is 6.76. The number of fused-ring (bicyclic) bond motifs is 5. The Labute approximate surface area is 102 Å². The molecule has 0 aliphatic heterocycles. The van der Waals surface area contributed by atoms with E-state index >= 15 is 0 Å². The molecule has 1 aromatic rings. The molecule has 1 nitrogen and oxygen atoms in total. The van der Waals surface area contributed by atoms with Crippen LogP contribution in [0, 0.1) is 11.3 Å². The molecule has 0 aromatic heterocycles. The van der Waals surface area contributed by atoms with Crippen molar-refractivity contribution in [3.63, 3.8) is 0 Å². The van der Waals surface area contributed by atoms with E-state index in [0.29, 0.717) is 5.41 Å². The average molecular weight is 225 g/mol. The summed E-state index contributed by atoms with van der Waals surface area (Å²) in [5.74, 6) is 2.57. The van der Waals surface area contributed by atoms with E-state index in [4.69, 9.17) is 5.73 Å². The molecular weight excluding hydrogens is 206 g/mol. The van der Waals surface area contributed by atoms with E-state index in [1.54, 1.807) is 11.1 Å². The van der Waals surface area contributed by atoms with Crippen LogP contribution in [0.2, 0.25) is 0 Å². The lowest BCUT2D eigenvalue weighted by Crippen LogP contribution is -2.42. The molecule has 5 atom stereocenters. The Hall–Kier alpha value is -0.820. The highest BCUT2D eigenvalue weighted by atomic mass is 14.9. The first-order valence-electron chi connectivity index (χ1n) is 7.08. The van der Waals surface area contributed by atoms with Crippen LogP contribution in [0.4, 0.5) is 0 Å². The summed E-state index contributed by atoms with van der Waals surface area (Å²) in [6, 6.07) is 9.23. The Morgan fingerprint density at radius 2 is 1.76 bits per heavy atom. The topological polar surface area (TPSA) is 26.0 Å². The maximum Gasteiger partial charge on any atom is 0.0168 e. The smallest absolute Gasteiger partial charge is 0.0168 e. The molecule has 0 heterocycles. The minimum Gasteiger partial charge on any atom is -0.325 e. The molecule has 3 bridgehead atoms. The zero-order chi connectivity index (χ0) is 11.3. The molecule has 4 aliphatic carbocycles. The van der Waals surface area contributed by atoms with E-state index in [1.807, 2.05) is 0 Å². The zero-order valence-corrected chi connectivity index (χ0v) is 10.2. The molecule has 3 fully saturated rings. The van der Waals surface area contributed by atoms with Crippen molar-refractivity contribution in [1.29, 1.82) is 0 Å². The van der Waals surface area contributed by atoms with E-state index in [9.17, 15) is 0 Å². The van der Waals surface area contributed by atoms with Crippen LogP contribution in [0.3, 0.4) is 0 Å². The largest absolute Gasteiger partial charge is 0.325 e. The van der Waals surface area contributed by atoms with E-state index in [2.05, 4.69) is 24.3 Å². The van der Waals surface area contributed by atoms with Crippen molar-refractivity contribution >= 4 is 0 Å². The highest BCUT2D eigenvalue weighted by Gasteiger charge is 2.68. The lowest BCUT2D eigenvalue weighted by molar-refractivity contribution is 0.190. The second-order valence-electron chi connectivity index (χ2n) is 7.22. The van der Waals surface area contributed by atoms with Crippen molar-refractivity contribution in [1.82, 2.24) is 0 Å². The van der Waals surface area contributed by atoms with Crippen LogP contribution >= 0.6 is 0 Å². The predicted molar refractivity (Wildman–Crippen MR) is 67.9 cm³/mol. The molecule has 17 heavy (non-hydrogen) atoms. The first kappa shape index (κ1) is 9.16. The average Bonchev–Trinajstić information content (AvgIpc) is 2.79. The second-order valence-corrected chi connectivity index (χ2v) is 7.22. The Bertz CT molecular complexity index is 522. The zero-order valence-electron chi connectivity index (χ0n) is 10.2. The minimum absolute atomic E-state index is 0.190. The third kappa shape index (κ3) is 0.866. The van der Waals surface area contributed by atoms with Gasteiger partial charge in [0.15, 0.2) is 0 Å². The first-order valence-corrected chi connectivity index (χ1v) is 7.08. The summed E-state index contributed by atoms with van der Waals surface area (Å²) in [5.41, 5.74) is 10.8. The van der Waals surface area contributed by atoms with Gasteiger partial charge in [-0.2, -0.15) is 0 Å². The fourth-order valence-electron chi connectivity index (χ4n) is 6.26. The van der Waals surface area contributed by atoms with Crippen LogP contribution < -0.4 is 5.73 Å². The second kappa shape index (κ2) is 2.47. The molecule has 0 radical (unpaired) electrons. The molecule has 5 rings (SSSR count). The summed E-state index contributed by atoms with van der Waals surface area (Å²) in [6.45, 7) is 0. The van der Waals surface area contributed by atoms with Gasteiger partial charge in [0, 0.05) is 5.54 Å². The number of rotatable bonds is 0. The highest BCUT2D eigenvalue weighted by Crippen LogP contribution is 2.76. The van der Waals surface area contributed by atoms with Gasteiger partial charge in [0.25, 0.3) is 0 Å². The summed E-state index contributed by atoms with van der Waals surface area (Å²) in [7, 11) is 0. The molecule has 1 heteroatoms. The van der Waals surface area contributed by atoms with Crippen LogP contribution in [-0.4, -0.2) is 5.54 Å². The molecule has 1 spiro atoms. The summed E-state index contributed by atoms with van der Waals surface area (Å²) in [5, 5.41) is 0. The molecule has 88 valence electrons. The Kier molecular flexibility index (Phi) is 1.33. The van der Waals surface area contributed by atoms with Crippen LogP contribution in [0.5, 0.6) is 0 Å². The van der Waals surface area contributed by atoms with Crippen LogP contribution in [0.25, 0.3) is 0 Å². The maximum atomic E-state index is 6.66. The number of nitrogens with two attached hydrogens (primary N) is 1. The number of hydrogen-bond acceptors (Lipinski definition) is 1. The molecular formula is C16H19N. The molecule has 3 saturated carbocycles. The molecule has 5 unspecified atom stereocenters. The molecule has 2 N–H and O–H groups in total. The first-order chi connectivity index (χ1) is 8.20. The predicted octanol–water partition coefficient (Wildman–Crippen LogP) is 3.16. The van der Waals surface area contributed by atoms with Crippen LogP contribution in [-0.2, 0) is 0 Å². The molecule has 0 saturated heterocycles. The number of hydrogen-bond donors (Lipinski definition) is 1. The van der Waals surface area contributed by atoms with Crippen LogP contribution in [0.15, 0.2) is 24.3 Å². The normalized spacial score (nSPS) is 52.9. The molecule has 1 aromatic carbocycles. The van der Waals surface area contributed by atoms with Gasteiger partial charge < -0.3 is 5.73 Å². The van der Waals surface area contributed by atoms with Crippen molar-refractivity contribution < 1.29 is 0 Å². The van der Waals surface area contributed by atoms with E-state index < -0.39 is 0 Å². The van der Waals surface area contributed by atoms with Gasteiger partial charge >= 0.3 is 0 Å².